The molecule has 0 bridgehead atoms. The van der Waals surface area contributed by atoms with E-state index in [1.807, 2.05) is 6.92 Å². The van der Waals surface area contributed by atoms with E-state index in [2.05, 4.69) is 31.2 Å². The lowest BCUT2D eigenvalue weighted by Crippen LogP contribution is -2.16. The van der Waals surface area contributed by atoms with E-state index in [9.17, 15) is 9.59 Å². The van der Waals surface area contributed by atoms with Crippen molar-refractivity contribution >= 4 is 45.0 Å². The van der Waals surface area contributed by atoms with Crippen molar-refractivity contribution in [2.24, 2.45) is 0 Å². The quantitative estimate of drug-likeness (QED) is 0.894. The highest BCUT2D eigenvalue weighted by molar-refractivity contribution is 9.11. The first-order chi connectivity index (χ1) is 8.99. The molecule has 0 fully saturated rings. The lowest BCUT2D eigenvalue weighted by Gasteiger charge is -2.04. The third-order valence-electron chi connectivity index (χ3n) is 2.21. The maximum absolute atomic E-state index is 12.0. The average molecular weight is 342 g/mol. The maximum Gasteiger partial charge on any atom is 0.358 e. The Morgan fingerprint density at radius 1 is 1.37 bits per heavy atom. The van der Waals surface area contributed by atoms with Crippen molar-refractivity contribution < 1.29 is 14.7 Å². The van der Waals surface area contributed by atoms with Gasteiger partial charge in [0.25, 0.3) is 5.91 Å². The first-order valence-corrected chi connectivity index (χ1v) is 6.71. The molecule has 6 nitrogen and oxygen atoms in total. The summed E-state index contributed by atoms with van der Waals surface area (Å²) in [4.78, 5) is 30.9. The van der Waals surface area contributed by atoms with E-state index in [1.165, 1.54) is 23.7 Å². The highest BCUT2D eigenvalue weighted by Crippen LogP contribution is 2.27. The highest BCUT2D eigenvalue weighted by Gasteiger charge is 2.17. The molecule has 0 saturated heterocycles. The fraction of sp³-hybridized carbons (Fsp3) is 0.0909. The number of carbonyl (C=O) groups is 2. The van der Waals surface area contributed by atoms with E-state index < -0.39 is 11.9 Å². The Morgan fingerprint density at radius 3 is 2.63 bits per heavy atom. The van der Waals surface area contributed by atoms with Crippen molar-refractivity contribution in [1.29, 1.82) is 0 Å². The number of carboxylic acids is 1. The van der Waals surface area contributed by atoms with Crippen LogP contribution in [0.15, 0.2) is 22.2 Å². The molecule has 0 aliphatic heterocycles. The van der Waals surface area contributed by atoms with Gasteiger partial charge in [-0.3, -0.25) is 4.79 Å². The molecule has 0 aromatic carbocycles. The molecule has 0 radical (unpaired) electrons. The van der Waals surface area contributed by atoms with Gasteiger partial charge in [0, 0.05) is 12.4 Å². The number of carbonyl (C=O) groups excluding carboxylic acids is 1. The lowest BCUT2D eigenvalue weighted by molar-refractivity contribution is 0.0691. The smallest absolute Gasteiger partial charge is 0.358 e. The molecule has 19 heavy (non-hydrogen) atoms. The molecule has 0 atom stereocenters. The van der Waals surface area contributed by atoms with Gasteiger partial charge in [0.15, 0.2) is 11.5 Å². The first-order valence-electron chi connectivity index (χ1n) is 5.10. The van der Waals surface area contributed by atoms with E-state index in [4.69, 9.17) is 5.11 Å². The molecule has 0 aliphatic rings. The van der Waals surface area contributed by atoms with Gasteiger partial charge in [-0.05, 0) is 34.5 Å². The van der Waals surface area contributed by atoms with Gasteiger partial charge in [0.2, 0.25) is 0 Å². The second-order valence-electron chi connectivity index (χ2n) is 3.58. The van der Waals surface area contributed by atoms with Crippen molar-refractivity contribution in [2.45, 2.75) is 6.92 Å². The molecular weight excluding hydrogens is 334 g/mol. The van der Waals surface area contributed by atoms with Gasteiger partial charge in [-0.2, -0.15) is 0 Å². The molecule has 0 spiro atoms. The standard InChI is InChI=1S/C11H8BrN3O3S/c1-5-4-6(19-8(5)12)10(16)15-9-7(11(17)18)13-2-3-14-9/h2-4H,1H3,(H,17,18)(H,14,15,16). The number of halogens is 1. The van der Waals surface area contributed by atoms with Gasteiger partial charge < -0.3 is 10.4 Å². The number of aromatic nitrogens is 2. The van der Waals surface area contributed by atoms with Gasteiger partial charge in [0.1, 0.15) is 0 Å². The average Bonchev–Trinajstić information content (AvgIpc) is 2.70. The van der Waals surface area contributed by atoms with Crippen LogP contribution in [0.5, 0.6) is 0 Å². The number of hydrogen-bond donors (Lipinski definition) is 2. The molecular formula is C11H8BrN3O3S. The van der Waals surface area contributed by atoms with Crippen LogP contribution in [0, 0.1) is 6.92 Å². The zero-order chi connectivity index (χ0) is 14.0. The molecule has 0 saturated carbocycles. The summed E-state index contributed by atoms with van der Waals surface area (Å²) in [5, 5.41) is 11.4. The van der Waals surface area contributed by atoms with E-state index in [1.54, 1.807) is 6.07 Å². The molecule has 0 unspecified atom stereocenters. The van der Waals surface area contributed by atoms with E-state index >= 15 is 0 Å². The summed E-state index contributed by atoms with van der Waals surface area (Å²) in [5.41, 5.74) is 0.649. The number of nitrogens with zero attached hydrogens (tertiary/aromatic N) is 2. The van der Waals surface area contributed by atoms with E-state index in [0.717, 1.165) is 9.35 Å². The summed E-state index contributed by atoms with van der Waals surface area (Å²) in [6.45, 7) is 1.86. The Morgan fingerprint density at radius 2 is 2.05 bits per heavy atom. The molecule has 2 N–H and O–H groups in total. The van der Waals surface area contributed by atoms with Crippen LogP contribution in [0.2, 0.25) is 0 Å². The fourth-order valence-corrected chi connectivity index (χ4v) is 2.76. The predicted octanol–water partition coefficient (Wildman–Crippen LogP) is 2.56. The molecule has 2 aromatic heterocycles. The predicted molar refractivity (Wildman–Crippen MR) is 73.7 cm³/mol. The summed E-state index contributed by atoms with van der Waals surface area (Å²) < 4.78 is 0.857. The molecule has 8 heteroatoms. The molecule has 2 rings (SSSR count). The maximum atomic E-state index is 12.0. The number of anilines is 1. The van der Waals surface area contributed by atoms with Crippen molar-refractivity contribution in [3.63, 3.8) is 0 Å². The van der Waals surface area contributed by atoms with Crippen LogP contribution >= 0.6 is 27.3 Å². The Kier molecular flexibility index (Phi) is 3.91. The summed E-state index contributed by atoms with van der Waals surface area (Å²) in [6, 6.07) is 1.71. The normalized spacial score (nSPS) is 10.2. The summed E-state index contributed by atoms with van der Waals surface area (Å²) in [6.07, 6.45) is 2.57. The van der Waals surface area contributed by atoms with E-state index in [-0.39, 0.29) is 11.5 Å². The van der Waals surface area contributed by atoms with Gasteiger partial charge in [-0.1, -0.05) is 0 Å². The molecule has 2 aromatic rings. The summed E-state index contributed by atoms with van der Waals surface area (Å²) >= 11 is 4.59. The fourth-order valence-electron chi connectivity index (χ4n) is 1.33. The first kappa shape index (κ1) is 13.6. The minimum atomic E-state index is -1.24. The number of nitrogens with one attached hydrogen (secondary N) is 1. The van der Waals surface area contributed by atoms with Crippen LogP contribution in [0.3, 0.4) is 0 Å². The Labute approximate surface area is 120 Å². The minimum Gasteiger partial charge on any atom is -0.476 e. The zero-order valence-electron chi connectivity index (χ0n) is 9.68. The van der Waals surface area contributed by atoms with Crippen molar-refractivity contribution in [3.8, 4) is 0 Å². The van der Waals surface area contributed by atoms with Crippen LogP contribution < -0.4 is 5.32 Å². The SMILES string of the molecule is Cc1cc(C(=O)Nc2nccnc2C(=O)O)sc1Br. The Bertz CT molecular complexity index is 637. The topological polar surface area (TPSA) is 92.2 Å². The van der Waals surface area contributed by atoms with Crippen LogP contribution in [-0.2, 0) is 0 Å². The van der Waals surface area contributed by atoms with Gasteiger partial charge in [0.05, 0.1) is 8.66 Å². The third kappa shape index (κ3) is 2.96. The van der Waals surface area contributed by atoms with E-state index in [0.29, 0.717) is 4.88 Å². The van der Waals surface area contributed by atoms with Crippen LogP contribution in [0.4, 0.5) is 5.82 Å². The number of carboxylic acid groups (broad SMARTS) is 1. The van der Waals surface area contributed by atoms with Gasteiger partial charge in [-0.15, -0.1) is 11.3 Å². The summed E-state index contributed by atoms with van der Waals surface area (Å²) in [7, 11) is 0. The molecule has 1 amide bonds. The zero-order valence-corrected chi connectivity index (χ0v) is 12.1. The third-order valence-corrected chi connectivity index (χ3v) is 4.35. The van der Waals surface area contributed by atoms with Crippen LogP contribution in [-0.4, -0.2) is 27.0 Å². The van der Waals surface area contributed by atoms with Gasteiger partial charge in [-0.25, -0.2) is 14.8 Å². The molecule has 2 heterocycles. The number of thiophene rings is 1. The number of rotatable bonds is 3. The number of amides is 1. The number of aryl methyl sites for hydroxylation is 1. The Balaban J connectivity index is 2.26. The van der Waals surface area contributed by atoms with Crippen molar-refractivity contribution in [3.05, 3.63) is 38.4 Å². The monoisotopic (exact) mass is 341 g/mol. The summed E-state index contributed by atoms with van der Waals surface area (Å²) in [5.74, 6) is -1.73. The van der Waals surface area contributed by atoms with Crippen LogP contribution in [0.1, 0.15) is 25.7 Å². The lowest BCUT2D eigenvalue weighted by atomic mass is 10.3. The van der Waals surface area contributed by atoms with Gasteiger partial charge >= 0.3 is 5.97 Å². The highest BCUT2D eigenvalue weighted by atomic mass is 79.9. The van der Waals surface area contributed by atoms with Crippen LogP contribution in [0.25, 0.3) is 0 Å². The van der Waals surface area contributed by atoms with Crippen molar-refractivity contribution in [1.82, 2.24) is 9.97 Å². The molecule has 98 valence electrons. The number of hydrogen-bond acceptors (Lipinski definition) is 5. The number of aromatic carboxylic acids is 1. The Hall–Kier alpha value is -1.80. The second kappa shape index (κ2) is 5.45. The molecule has 0 aliphatic carbocycles. The van der Waals surface area contributed by atoms with Crippen molar-refractivity contribution in [2.75, 3.05) is 5.32 Å². The minimum absolute atomic E-state index is 0.0674. The largest absolute Gasteiger partial charge is 0.476 e. The second-order valence-corrected chi connectivity index (χ2v) is 5.95.